The lowest BCUT2D eigenvalue weighted by molar-refractivity contribution is 0.475. The van der Waals surface area contributed by atoms with Crippen molar-refractivity contribution >= 4 is 5.69 Å². The smallest absolute Gasteiger partial charge is 0.147 e. The SMILES string of the molecule is CCCNc1cncc(Oc2cccc(F)c2)c1. The highest BCUT2D eigenvalue weighted by Crippen LogP contribution is 2.23. The van der Waals surface area contributed by atoms with E-state index in [0.29, 0.717) is 11.5 Å². The van der Waals surface area contributed by atoms with Gasteiger partial charge < -0.3 is 10.1 Å². The first-order valence-corrected chi connectivity index (χ1v) is 5.90. The van der Waals surface area contributed by atoms with Crippen LogP contribution >= 0.6 is 0 Å². The van der Waals surface area contributed by atoms with Gasteiger partial charge in [-0.3, -0.25) is 4.98 Å². The molecular formula is C14H15FN2O. The Morgan fingerprint density at radius 2 is 2.11 bits per heavy atom. The van der Waals surface area contributed by atoms with Crippen LogP contribution in [0.25, 0.3) is 0 Å². The molecule has 0 atom stereocenters. The van der Waals surface area contributed by atoms with Crippen molar-refractivity contribution in [3.63, 3.8) is 0 Å². The van der Waals surface area contributed by atoms with E-state index in [4.69, 9.17) is 4.74 Å². The summed E-state index contributed by atoms with van der Waals surface area (Å²) < 4.78 is 18.5. The predicted octanol–water partition coefficient (Wildman–Crippen LogP) is 3.83. The van der Waals surface area contributed by atoms with Crippen molar-refractivity contribution in [1.29, 1.82) is 0 Å². The van der Waals surface area contributed by atoms with Crippen molar-refractivity contribution in [3.8, 4) is 11.5 Å². The molecule has 94 valence electrons. The molecule has 0 fully saturated rings. The number of aromatic nitrogens is 1. The quantitative estimate of drug-likeness (QED) is 0.870. The Labute approximate surface area is 106 Å². The largest absolute Gasteiger partial charge is 0.456 e. The summed E-state index contributed by atoms with van der Waals surface area (Å²) in [6.45, 7) is 2.97. The molecule has 0 aliphatic heterocycles. The molecule has 0 aliphatic carbocycles. The van der Waals surface area contributed by atoms with Crippen LogP contribution in [0.2, 0.25) is 0 Å². The minimum Gasteiger partial charge on any atom is -0.456 e. The van der Waals surface area contributed by atoms with E-state index >= 15 is 0 Å². The molecule has 1 aromatic carbocycles. The zero-order valence-corrected chi connectivity index (χ0v) is 10.2. The fourth-order valence-electron chi connectivity index (χ4n) is 1.51. The zero-order chi connectivity index (χ0) is 12.8. The van der Waals surface area contributed by atoms with E-state index in [1.165, 1.54) is 12.1 Å². The lowest BCUT2D eigenvalue weighted by Gasteiger charge is -2.08. The predicted molar refractivity (Wildman–Crippen MR) is 69.5 cm³/mol. The first-order chi connectivity index (χ1) is 8.78. The second-order valence-electron chi connectivity index (χ2n) is 3.90. The Hall–Kier alpha value is -2.10. The van der Waals surface area contributed by atoms with E-state index in [1.54, 1.807) is 24.5 Å². The van der Waals surface area contributed by atoms with Gasteiger partial charge >= 0.3 is 0 Å². The minimum absolute atomic E-state index is 0.319. The van der Waals surface area contributed by atoms with E-state index in [9.17, 15) is 4.39 Å². The van der Waals surface area contributed by atoms with E-state index < -0.39 is 0 Å². The van der Waals surface area contributed by atoms with E-state index in [-0.39, 0.29) is 5.82 Å². The molecule has 0 aliphatic rings. The van der Waals surface area contributed by atoms with E-state index in [0.717, 1.165) is 18.7 Å². The molecule has 1 aromatic heterocycles. The standard InChI is InChI=1S/C14H15FN2O/c1-2-6-17-12-8-14(10-16-9-12)18-13-5-3-4-11(15)7-13/h3-5,7-10,17H,2,6H2,1H3. The number of hydrogen-bond donors (Lipinski definition) is 1. The Morgan fingerprint density at radius 3 is 2.89 bits per heavy atom. The number of halogens is 1. The number of pyridine rings is 1. The normalized spacial score (nSPS) is 10.1. The maximum Gasteiger partial charge on any atom is 0.147 e. The molecule has 0 bridgehead atoms. The van der Waals surface area contributed by atoms with E-state index in [2.05, 4.69) is 17.2 Å². The van der Waals surface area contributed by atoms with Crippen molar-refractivity contribution in [2.45, 2.75) is 13.3 Å². The third kappa shape index (κ3) is 3.45. The number of anilines is 1. The third-order valence-electron chi connectivity index (χ3n) is 2.32. The van der Waals surface area contributed by atoms with E-state index in [1.807, 2.05) is 6.07 Å². The fraction of sp³-hybridized carbons (Fsp3) is 0.214. The molecule has 3 nitrogen and oxygen atoms in total. The molecule has 1 N–H and O–H groups in total. The van der Waals surface area contributed by atoms with Gasteiger partial charge in [-0.25, -0.2) is 4.39 Å². The number of ether oxygens (including phenoxy) is 1. The van der Waals surface area contributed by atoms with Crippen LogP contribution in [0, 0.1) is 5.82 Å². The molecule has 18 heavy (non-hydrogen) atoms. The van der Waals surface area contributed by atoms with Crippen molar-refractivity contribution < 1.29 is 9.13 Å². The van der Waals surface area contributed by atoms with Gasteiger partial charge in [-0.2, -0.15) is 0 Å². The molecule has 4 heteroatoms. The highest BCUT2D eigenvalue weighted by atomic mass is 19.1. The van der Waals surface area contributed by atoms with Crippen LogP contribution in [0.1, 0.15) is 13.3 Å². The Kier molecular flexibility index (Phi) is 4.12. The summed E-state index contributed by atoms with van der Waals surface area (Å²) in [4.78, 5) is 4.07. The van der Waals surface area contributed by atoms with Gasteiger partial charge in [0.25, 0.3) is 0 Å². The van der Waals surface area contributed by atoms with Crippen LogP contribution in [-0.4, -0.2) is 11.5 Å². The summed E-state index contributed by atoms with van der Waals surface area (Å²) in [5.74, 6) is 0.729. The zero-order valence-electron chi connectivity index (χ0n) is 10.2. The first kappa shape index (κ1) is 12.4. The summed E-state index contributed by atoms with van der Waals surface area (Å²) >= 11 is 0. The van der Waals surface area contributed by atoms with Crippen molar-refractivity contribution in [3.05, 3.63) is 48.5 Å². The van der Waals surface area contributed by atoms with Crippen LogP contribution in [0.5, 0.6) is 11.5 Å². The Bertz CT molecular complexity index is 517. The monoisotopic (exact) mass is 246 g/mol. The third-order valence-corrected chi connectivity index (χ3v) is 2.32. The van der Waals surface area contributed by atoms with Crippen molar-refractivity contribution in [1.82, 2.24) is 4.98 Å². The second-order valence-corrected chi connectivity index (χ2v) is 3.90. The molecule has 0 amide bonds. The van der Waals surface area contributed by atoms with Gasteiger partial charge in [-0.1, -0.05) is 13.0 Å². The average molecular weight is 246 g/mol. The van der Waals surface area contributed by atoms with Gasteiger partial charge in [0.05, 0.1) is 18.1 Å². The topological polar surface area (TPSA) is 34.2 Å². The highest BCUT2D eigenvalue weighted by molar-refractivity contribution is 5.46. The first-order valence-electron chi connectivity index (χ1n) is 5.90. The van der Waals surface area contributed by atoms with Gasteiger partial charge in [0.2, 0.25) is 0 Å². The second kappa shape index (κ2) is 6.00. The number of benzene rings is 1. The summed E-state index contributed by atoms with van der Waals surface area (Å²) in [5.41, 5.74) is 0.894. The Balaban J connectivity index is 2.09. The van der Waals surface area contributed by atoms with Crippen LogP contribution in [0.4, 0.5) is 10.1 Å². The number of nitrogens with one attached hydrogen (secondary N) is 1. The van der Waals surface area contributed by atoms with Crippen molar-refractivity contribution in [2.75, 3.05) is 11.9 Å². The summed E-state index contributed by atoms with van der Waals surface area (Å²) in [5, 5.41) is 3.22. The minimum atomic E-state index is -0.319. The summed E-state index contributed by atoms with van der Waals surface area (Å²) in [7, 11) is 0. The highest BCUT2D eigenvalue weighted by Gasteiger charge is 2.00. The number of hydrogen-bond acceptors (Lipinski definition) is 3. The number of nitrogens with zero attached hydrogens (tertiary/aromatic N) is 1. The average Bonchev–Trinajstić information content (AvgIpc) is 2.37. The maximum absolute atomic E-state index is 13.0. The van der Waals surface area contributed by atoms with Gasteiger partial charge in [0.15, 0.2) is 0 Å². The van der Waals surface area contributed by atoms with Gasteiger partial charge in [0.1, 0.15) is 17.3 Å². The van der Waals surface area contributed by atoms with Crippen LogP contribution in [-0.2, 0) is 0 Å². The van der Waals surface area contributed by atoms with Crippen LogP contribution in [0.15, 0.2) is 42.7 Å². The lowest BCUT2D eigenvalue weighted by atomic mass is 10.3. The molecule has 1 heterocycles. The molecule has 0 saturated heterocycles. The van der Waals surface area contributed by atoms with Crippen molar-refractivity contribution in [2.24, 2.45) is 0 Å². The molecule has 2 rings (SSSR count). The van der Waals surface area contributed by atoms with Gasteiger partial charge in [-0.05, 0) is 18.6 Å². The van der Waals surface area contributed by atoms with Gasteiger partial charge in [-0.15, -0.1) is 0 Å². The molecule has 0 unspecified atom stereocenters. The molecule has 0 spiro atoms. The lowest BCUT2D eigenvalue weighted by Crippen LogP contribution is -2.00. The maximum atomic E-state index is 13.0. The Morgan fingerprint density at radius 1 is 1.22 bits per heavy atom. The van der Waals surface area contributed by atoms with Gasteiger partial charge in [0, 0.05) is 18.7 Å². The van der Waals surface area contributed by atoms with Crippen LogP contribution in [0.3, 0.4) is 0 Å². The molecule has 0 saturated carbocycles. The van der Waals surface area contributed by atoms with Crippen LogP contribution < -0.4 is 10.1 Å². The fourth-order valence-corrected chi connectivity index (χ4v) is 1.51. The molecule has 2 aromatic rings. The molecular weight excluding hydrogens is 231 g/mol. The molecule has 0 radical (unpaired) electrons. The summed E-state index contributed by atoms with van der Waals surface area (Å²) in [6.07, 6.45) is 4.37. The number of rotatable bonds is 5. The summed E-state index contributed by atoms with van der Waals surface area (Å²) in [6, 6.07) is 7.87.